The minimum atomic E-state index is -0.474. The van der Waals surface area contributed by atoms with Gasteiger partial charge in [0.15, 0.2) is 23.0 Å². The highest BCUT2D eigenvalue weighted by Crippen LogP contribution is 2.35. The van der Waals surface area contributed by atoms with Crippen LogP contribution in [0, 0.1) is 12.7 Å². The van der Waals surface area contributed by atoms with Crippen LogP contribution in [-0.4, -0.2) is 62.3 Å². The molecule has 10 nitrogen and oxygen atoms in total. The van der Waals surface area contributed by atoms with E-state index < -0.39 is 5.82 Å². The van der Waals surface area contributed by atoms with E-state index in [1.807, 2.05) is 0 Å². The normalized spacial score (nSPS) is 21.5. The first-order valence-electron chi connectivity index (χ1n) is 12.5. The van der Waals surface area contributed by atoms with Crippen LogP contribution in [0.5, 0.6) is 5.75 Å². The van der Waals surface area contributed by atoms with Gasteiger partial charge in [0.1, 0.15) is 0 Å². The summed E-state index contributed by atoms with van der Waals surface area (Å²) >= 11 is 0. The molecule has 3 aromatic heterocycles. The second-order valence-electron chi connectivity index (χ2n) is 9.88. The number of rotatable bonds is 4. The topological polar surface area (TPSA) is 109 Å². The lowest BCUT2D eigenvalue weighted by molar-refractivity contribution is 0.0662. The van der Waals surface area contributed by atoms with Crippen molar-refractivity contribution in [2.24, 2.45) is 0 Å². The molecule has 4 aromatic rings. The Morgan fingerprint density at radius 1 is 1.11 bits per heavy atom. The third-order valence-corrected chi connectivity index (χ3v) is 7.60. The van der Waals surface area contributed by atoms with Crippen LogP contribution in [-0.2, 0) is 4.74 Å². The number of fused-ring (bicyclic) bond motifs is 3. The smallest absolute Gasteiger partial charge is 0.223 e. The van der Waals surface area contributed by atoms with E-state index in [9.17, 15) is 4.39 Å². The third-order valence-electron chi connectivity index (χ3n) is 7.60. The maximum atomic E-state index is 14.5. The molecule has 0 saturated carbocycles. The lowest BCUT2D eigenvalue weighted by Gasteiger charge is -2.38. The Hall–Kier alpha value is -3.47. The predicted molar refractivity (Wildman–Crippen MR) is 134 cm³/mol. The molecule has 0 amide bonds. The van der Waals surface area contributed by atoms with Gasteiger partial charge in [-0.15, -0.1) is 5.10 Å². The van der Waals surface area contributed by atoms with Crippen molar-refractivity contribution < 1.29 is 13.9 Å². The first kappa shape index (κ1) is 23.0. The first-order chi connectivity index (χ1) is 17.4. The van der Waals surface area contributed by atoms with Gasteiger partial charge in [-0.3, -0.25) is 4.68 Å². The fourth-order valence-corrected chi connectivity index (χ4v) is 5.52. The zero-order chi connectivity index (χ0) is 25.0. The Balaban J connectivity index is 1.33. The molecule has 0 spiro atoms. The maximum Gasteiger partial charge on any atom is 0.223 e. The molecule has 2 aliphatic rings. The highest BCUT2D eigenvalue weighted by molar-refractivity contribution is 5.93. The predicted octanol–water partition coefficient (Wildman–Crippen LogP) is 3.64. The Morgan fingerprint density at radius 3 is 2.69 bits per heavy atom. The van der Waals surface area contributed by atoms with Crippen LogP contribution in [0.1, 0.15) is 56.1 Å². The number of anilines is 2. The number of hydrogen-bond acceptors (Lipinski definition) is 8. The van der Waals surface area contributed by atoms with Gasteiger partial charge in [0.25, 0.3) is 0 Å². The van der Waals surface area contributed by atoms with Crippen molar-refractivity contribution in [2.75, 3.05) is 37.5 Å². The number of nitrogen functional groups attached to an aromatic ring is 1. The van der Waals surface area contributed by atoms with E-state index in [0.717, 1.165) is 56.8 Å². The highest BCUT2D eigenvalue weighted by Gasteiger charge is 2.32. The molecule has 0 unspecified atom stereocenters. The summed E-state index contributed by atoms with van der Waals surface area (Å²) in [5.41, 5.74) is 9.42. The zero-order valence-electron chi connectivity index (χ0n) is 20.8. The number of aromatic nitrogens is 6. The molecule has 36 heavy (non-hydrogen) atoms. The molecule has 11 heteroatoms. The monoisotopic (exact) mass is 494 g/mol. The number of piperidine rings is 1. The van der Waals surface area contributed by atoms with Gasteiger partial charge in [0.05, 0.1) is 30.0 Å². The van der Waals surface area contributed by atoms with Crippen LogP contribution in [0.4, 0.5) is 16.0 Å². The summed E-state index contributed by atoms with van der Waals surface area (Å²) in [6.07, 6.45) is 6.12. The van der Waals surface area contributed by atoms with Gasteiger partial charge < -0.3 is 20.1 Å². The van der Waals surface area contributed by atoms with Gasteiger partial charge in [-0.05, 0) is 45.6 Å². The van der Waals surface area contributed by atoms with Gasteiger partial charge in [0.2, 0.25) is 5.95 Å². The number of halogens is 1. The van der Waals surface area contributed by atoms with Crippen molar-refractivity contribution in [1.29, 1.82) is 0 Å². The molecule has 2 atom stereocenters. The highest BCUT2D eigenvalue weighted by atomic mass is 19.1. The third kappa shape index (κ3) is 3.82. The van der Waals surface area contributed by atoms with Crippen LogP contribution >= 0.6 is 0 Å². The Bertz CT molecular complexity index is 1430. The summed E-state index contributed by atoms with van der Waals surface area (Å²) in [5.74, 6) is 0.646. The fraction of sp³-hybridized carbons (Fsp3) is 0.520. The molecule has 2 aliphatic heterocycles. The minimum Gasteiger partial charge on any atom is -0.494 e. The first-order valence-corrected chi connectivity index (χ1v) is 12.5. The summed E-state index contributed by atoms with van der Waals surface area (Å²) in [6.45, 7) is 6.66. The molecule has 1 aromatic carbocycles. The van der Waals surface area contributed by atoms with Crippen LogP contribution in [0.15, 0.2) is 18.3 Å². The Kier molecular flexibility index (Phi) is 5.66. The second-order valence-corrected chi connectivity index (χ2v) is 9.88. The fourth-order valence-electron chi connectivity index (χ4n) is 5.52. The number of aryl methyl sites for hydroxylation is 1. The second kappa shape index (κ2) is 8.88. The van der Waals surface area contributed by atoms with Gasteiger partial charge >= 0.3 is 0 Å². The van der Waals surface area contributed by atoms with Gasteiger partial charge in [-0.1, -0.05) is 0 Å². The lowest BCUT2D eigenvalue weighted by Crippen LogP contribution is -2.41. The molecule has 2 N–H and O–H groups in total. The van der Waals surface area contributed by atoms with Crippen LogP contribution < -0.4 is 15.4 Å². The molecule has 6 rings (SSSR count). The number of nitrogens with two attached hydrogens (primary N) is 1. The maximum absolute atomic E-state index is 14.5. The summed E-state index contributed by atoms with van der Waals surface area (Å²) in [6, 6.07) is 3.68. The van der Waals surface area contributed by atoms with Crippen molar-refractivity contribution in [3.05, 3.63) is 35.7 Å². The Labute approximate surface area is 208 Å². The summed E-state index contributed by atoms with van der Waals surface area (Å²) in [7, 11) is 1.42. The SMILES string of the molecule is COc1cc2nc(N)n3nc([C@@H]4CC[C@H](C)N(c5cn(C6CCOCC6)nc5C)C4)nc3c2cc1F. The molecular weight excluding hydrogens is 463 g/mol. The molecule has 0 aliphatic carbocycles. The number of methoxy groups -OCH3 is 1. The number of nitrogens with zero attached hydrogens (tertiary/aromatic N) is 7. The largest absolute Gasteiger partial charge is 0.494 e. The summed E-state index contributed by atoms with van der Waals surface area (Å²) in [4.78, 5) is 11.7. The molecule has 0 radical (unpaired) electrons. The van der Waals surface area contributed by atoms with Crippen LogP contribution in [0.2, 0.25) is 0 Å². The van der Waals surface area contributed by atoms with E-state index in [-0.39, 0.29) is 17.6 Å². The van der Waals surface area contributed by atoms with E-state index in [1.54, 1.807) is 0 Å². The van der Waals surface area contributed by atoms with Crippen molar-refractivity contribution >= 4 is 28.2 Å². The quantitative estimate of drug-likeness (QED) is 0.458. The molecular formula is C25H31FN8O2. The van der Waals surface area contributed by atoms with Crippen molar-refractivity contribution in [2.45, 2.75) is 57.5 Å². The zero-order valence-corrected chi connectivity index (χ0v) is 20.8. The number of hydrogen-bond donors (Lipinski definition) is 1. The van der Waals surface area contributed by atoms with E-state index in [4.69, 9.17) is 30.4 Å². The van der Waals surface area contributed by atoms with Crippen molar-refractivity contribution in [3.8, 4) is 5.75 Å². The van der Waals surface area contributed by atoms with Crippen molar-refractivity contribution in [3.63, 3.8) is 0 Å². The lowest BCUT2D eigenvalue weighted by atomic mass is 9.92. The molecule has 5 heterocycles. The summed E-state index contributed by atoms with van der Waals surface area (Å²) < 4.78 is 28.8. The average Bonchev–Trinajstić information content (AvgIpc) is 3.50. The molecule has 0 bridgehead atoms. The molecule has 190 valence electrons. The van der Waals surface area contributed by atoms with Gasteiger partial charge in [0, 0.05) is 49.4 Å². The number of benzene rings is 1. The molecule has 2 fully saturated rings. The van der Waals surface area contributed by atoms with Crippen LogP contribution in [0.25, 0.3) is 16.6 Å². The van der Waals surface area contributed by atoms with E-state index in [0.29, 0.717) is 34.5 Å². The Morgan fingerprint density at radius 2 is 1.92 bits per heavy atom. The van der Waals surface area contributed by atoms with Crippen molar-refractivity contribution in [1.82, 2.24) is 29.4 Å². The number of ether oxygens (including phenoxy) is 2. The van der Waals surface area contributed by atoms with Crippen LogP contribution in [0.3, 0.4) is 0 Å². The molecule has 2 saturated heterocycles. The van der Waals surface area contributed by atoms with E-state index in [2.05, 4.69) is 34.6 Å². The van der Waals surface area contributed by atoms with Gasteiger partial charge in [-0.2, -0.15) is 9.61 Å². The van der Waals surface area contributed by atoms with E-state index in [1.165, 1.54) is 23.8 Å². The van der Waals surface area contributed by atoms with E-state index >= 15 is 0 Å². The summed E-state index contributed by atoms with van der Waals surface area (Å²) in [5, 5.41) is 10.1. The van der Waals surface area contributed by atoms with Gasteiger partial charge in [-0.25, -0.2) is 14.4 Å². The standard InChI is InChI=1S/C25H31FN8O2/c1-14-4-5-16(12-32(14)21-13-33(30-15(21)2)17-6-8-36-9-7-17)23-29-24-18-10-19(26)22(35-3)11-20(18)28-25(27)34(24)31-23/h10-11,13-14,16-17H,4-9,12H2,1-3H3,(H2,27,28)/t14-,16+/m0/s1. The minimum absolute atomic E-state index is 0.101. The average molecular weight is 495 g/mol.